The van der Waals surface area contributed by atoms with Crippen LogP contribution in [-0.2, 0) is 23.9 Å². The average Bonchev–Trinajstić information content (AvgIpc) is 3.40. The molecule has 0 saturated carbocycles. The van der Waals surface area contributed by atoms with Gasteiger partial charge in [-0.2, -0.15) is 18.3 Å². The van der Waals surface area contributed by atoms with Gasteiger partial charge in [0.25, 0.3) is 0 Å². The number of carbonyl (C=O) groups excluding carboxylic acids is 1. The van der Waals surface area contributed by atoms with Crippen molar-refractivity contribution in [3.8, 4) is 5.69 Å². The first-order valence-corrected chi connectivity index (χ1v) is 10.6. The van der Waals surface area contributed by atoms with Crippen LogP contribution in [0.4, 0.5) is 13.2 Å². The number of hydrogen-bond donors (Lipinski definition) is 2. The molecule has 0 fully saturated rings. The van der Waals surface area contributed by atoms with Crippen molar-refractivity contribution < 1.29 is 23.2 Å². The summed E-state index contributed by atoms with van der Waals surface area (Å²) in [5.74, 6) is -0.927. The van der Waals surface area contributed by atoms with Crippen LogP contribution >= 0.6 is 11.6 Å². The van der Waals surface area contributed by atoms with Gasteiger partial charge in [-0.3, -0.25) is 4.79 Å². The maximum Gasteiger partial charge on any atom is 0.435 e. The summed E-state index contributed by atoms with van der Waals surface area (Å²) in [6.07, 6.45) is -3.23. The molecular weight excluding hydrogens is 457 g/mol. The summed E-state index contributed by atoms with van der Waals surface area (Å²) >= 11 is 5.98. The first-order chi connectivity index (χ1) is 15.7. The molecule has 1 aliphatic carbocycles. The molecule has 6 nitrogen and oxygen atoms in total. The van der Waals surface area contributed by atoms with Crippen molar-refractivity contribution in [2.24, 2.45) is 5.16 Å². The minimum atomic E-state index is -4.63. The van der Waals surface area contributed by atoms with E-state index in [1.165, 1.54) is 6.07 Å². The molecule has 1 heterocycles. The zero-order valence-corrected chi connectivity index (χ0v) is 18.3. The molecule has 2 aromatic carbocycles. The van der Waals surface area contributed by atoms with Crippen molar-refractivity contribution >= 4 is 23.2 Å². The monoisotopic (exact) mass is 476 g/mol. The predicted octanol–water partition coefficient (Wildman–Crippen LogP) is 5.09. The lowest BCUT2D eigenvalue weighted by Gasteiger charge is -2.15. The predicted molar refractivity (Wildman–Crippen MR) is 117 cm³/mol. The fraction of sp³-hybridized carbons (Fsp3) is 0.261. The van der Waals surface area contributed by atoms with E-state index in [4.69, 9.17) is 11.6 Å². The van der Waals surface area contributed by atoms with E-state index in [1.54, 1.807) is 25.1 Å². The van der Waals surface area contributed by atoms with Gasteiger partial charge in [0.15, 0.2) is 5.69 Å². The summed E-state index contributed by atoms with van der Waals surface area (Å²) in [5, 5.41) is 19.2. The Morgan fingerprint density at radius 3 is 2.73 bits per heavy atom. The summed E-state index contributed by atoms with van der Waals surface area (Å²) in [4.78, 5) is 12.8. The summed E-state index contributed by atoms with van der Waals surface area (Å²) in [6, 6.07) is 12.7. The fourth-order valence-corrected chi connectivity index (χ4v) is 4.02. The molecule has 0 spiro atoms. The van der Waals surface area contributed by atoms with Crippen LogP contribution in [-0.4, -0.2) is 26.6 Å². The molecule has 1 aromatic heterocycles. The Morgan fingerprint density at radius 2 is 2.03 bits per heavy atom. The Bertz CT molecular complexity index is 1240. The van der Waals surface area contributed by atoms with E-state index in [1.807, 2.05) is 18.2 Å². The molecule has 0 bridgehead atoms. The second-order valence-corrected chi connectivity index (χ2v) is 8.25. The second kappa shape index (κ2) is 8.90. The molecule has 33 heavy (non-hydrogen) atoms. The van der Waals surface area contributed by atoms with Crippen LogP contribution < -0.4 is 5.32 Å². The van der Waals surface area contributed by atoms with Gasteiger partial charge in [-0.1, -0.05) is 35.0 Å². The summed E-state index contributed by atoms with van der Waals surface area (Å²) < 4.78 is 41.0. The van der Waals surface area contributed by atoms with Crippen LogP contribution in [0.3, 0.4) is 0 Å². The molecule has 0 aliphatic heterocycles. The minimum Gasteiger partial charge on any atom is -0.411 e. The van der Waals surface area contributed by atoms with E-state index in [0.29, 0.717) is 28.4 Å². The largest absolute Gasteiger partial charge is 0.435 e. The summed E-state index contributed by atoms with van der Waals surface area (Å²) in [6.45, 7) is 1.55. The Labute approximate surface area is 192 Å². The van der Waals surface area contributed by atoms with Gasteiger partial charge in [0.05, 0.1) is 29.6 Å². The van der Waals surface area contributed by atoms with Gasteiger partial charge in [-0.05, 0) is 61.2 Å². The summed E-state index contributed by atoms with van der Waals surface area (Å²) in [5.41, 5.74) is 2.60. The highest BCUT2D eigenvalue weighted by molar-refractivity contribution is 6.30. The van der Waals surface area contributed by atoms with Crippen LogP contribution in [0.1, 0.15) is 47.3 Å². The van der Waals surface area contributed by atoms with E-state index in [9.17, 15) is 23.2 Å². The highest BCUT2D eigenvalue weighted by Gasteiger charge is 2.35. The molecule has 4 rings (SSSR count). The van der Waals surface area contributed by atoms with E-state index >= 15 is 0 Å². The average molecular weight is 477 g/mol. The van der Waals surface area contributed by atoms with Crippen molar-refractivity contribution in [3.63, 3.8) is 0 Å². The lowest BCUT2D eigenvalue weighted by Crippen LogP contribution is -2.28. The number of benzene rings is 2. The van der Waals surface area contributed by atoms with Crippen LogP contribution in [0.5, 0.6) is 0 Å². The topological polar surface area (TPSA) is 79.5 Å². The molecule has 0 saturated heterocycles. The van der Waals surface area contributed by atoms with Gasteiger partial charge >= 0.3 is 6.18 Å². The van der Waals surface area contributed by atoms with E-state index in [2.05, 4.69) is 15.6 Å². The minimum absolute atomic E-state index is 0.160. The normalized spacial score (nSPS) is 15.5. The molecule has 172 valence electrons. The molecule has 2 N–H and O–H groups in total. The first kappa shape index (κ1) is 22.8. The van der Waals surface area contributed by atoms with Crippen molar-refractivity contribution in [1.29, 1.82) is 0 Å². The van der Waals surface area contributed by atoms with Gasteiger partial charge < -0.3 is 10.5 Å². The summed E-state index contributed by atoms with van der Waals surface area (Å²) in [7, 11) is 0. The fourth-order valence-electron chi connectivity index (χ4n) is 3.84. The van der Waals surface area contributed by atoms with Gasteiger partial charge in [-0.25, -0.2) is 4.68 Å². The van der Waals surface area contributed by atoms with Gasteiger partial charge in [0, 0.05) is 10.6 Å². The van der Waals surface area contributed by atoms with Crippen LogP contribution in [0.2, 0.25) is 5.02 Å². The quantitative estimate of drug-likeness (QED) is 0.397. The third-order valence-electron chi connectivity index (χ3n) is 5.66. The second-order valence-electron chi connectivity index (χ2n) is 7.81. The third-order valence-corrected chi connectivity index (χ3v) is 5.90. The number of aromatic nitrogens is 2. The zero-order valence-electron chi connectivity index (χ0n) is 17.5. The first-order valence-electron chi connectivity index (χ1n) is 10.2. The third kappa shape index (κ3) is 4.73. The standard InChI is InChI=1S/C23H20ClF3N4O2/c1-13(15-6-5-14-7-8-20(30-33)19(14)9-15)22(32)28-12-18-11-21(23(25,26)27)29-31(18)17-4-2-3-16(24)10-17/h2-6,9-11,13,33H,7-8,12H2,1H3,(H,28,32). The molecule has 1 unspecified atom stereocenters. The number of nitrogens with one attached hydrogen (secondary N) is 1. The molecule has 1 amide bonds. The zero-order chi connectivity index (χ0) is 23.8. The van der Waals surface area contributed by atoms with Gasteiger partial charge in [0.1, 0.15) is 0 Å². The highest BCUT2D eigenvalue weighted by Crippen LogP contribution is 2.30. The lowest BCUT2D eigenvalue weighted by atomic mass is 9.96. The number of aryl methyl sites for hydroxylation is 1. The van der Waals surface area contributed by atoms with Crippen molar-refractivity contribution in [2.75, 3.05) is 0 Å². The smallest absolute Gasteiger partial charge is 0.411 e. The Balaban J connectivity index is 1.55. The Hall–Kier alpha value is -3.33. The van der Waals surface area contributed by atoms with E-state index < -0.39 is 17.8 Å². The molecule has 0 radical (unpaired) electrons. The van der Waals surface area contributed by atoms with Crippen molar-refractivity contribution in [2.45, 2.75) is 38.4 Å². The maximum absolute atomic E-state index is 13.3. The number of alkyl halides is 3. The van der Waals surface area contributed by atoms with Crippen LogP contribution in [0.25, 0.3) is 5.69 Å². The molecule has 3 aromatic rings. The lowest BCUT2D eigenvalue weighted by molar-refractivity contribution is -0.141. The Morgan fingerprint density at radius 1 is 1.24 bits per heavy atom. The number of halogens is 4. The van der Waals surface area contributed by atoms with Gasteiger partial charge in [-0.15, -0.1) is 0 Å². The Kier molecular flexibility index (Phi) is 6.16. The highest BCUT2D eigenvalue weighted by atomic mass is 35.5. The maximum atomic E-state index is 13.3. The van der Waals surface area contributed by atoms with Crippen LogP contribution in [0.15, 0.2) is 53.7 Å². The number of hydrogen-bond acceptors (Lipinski definition) is 4. The van der Waals surface area contributed by atoms with Gasteiger partial charge in [0.2, 0.25) is 5.91 Å². The molecule has 10 heteroatoms. The number of oxime groups is 1. The number of amides is 1. The molecular formula is C23H20ClF3N4O2. The number of rotatable bonds is 5. The number of carbonyl (C=O) groups is 1. The molecule has 1 atom stereocenters. The van der Waals surface area contributed by atoms with E-state index in [0.717, 1.165) is 28.3 Å². The molecule has 1 aliphatic rings. The van der Waals surface area contributed by atoms with Crippen molar-refractivity contribution in [3.05, 3.63) is 81.6 Å². The number of fused-ring (bicyclic) bond motifs is 1. The number of nitrogens with zero attached hydrogens (tertiary/aromatic N) is 3. The van der Waals surface area contributed by atoms with Crippen molar-refractivity contribution in [1.82, 2.24) is 15.1 Å². The SMILES string of the molecule is CC(C(=O)NCc1cc(C(F)(F)F)nn1-c1cccc(Cl)c1)c1ccc2c(c1)C(=NO)CC2. The van der Waals surface area contributed by atoms with Crippen LogP contribution in [0, 0.1) is 0 Å². The van der Waals surface area contributed by atoms with E-state index in [-0.39, 0.29) is 18.1 Å².